The fourth-order valence-corrected chi connectivity index (χ4v) is 5.62. The molecular formula is C39H43N5O3. The van der Waals surface area contributed by atoms with Gasteiger partial charge in [-0.15, -0.1) is 0 Å². The highest BCUT2D eigenvalue weighted by Gasteiger charge is 2.24. The third-order valence-electron chi connectivity index (χ3n) is 8.03. The van der Waals surface area contributed by atoms with E-state index in [4.69, 9.17) is 4.74 Å². The van der Waals surface area contributed by atoms with Crippen LogP contribution in [0.4, 0.5) is 16.2 Å². The second kappa shape index (κ2) is 14.9. The number of ether oxygens (including phenoxy) is 1. The molecule has 2 N–H and O–H groups in total. The lowest BCUT2D eigenvalue weighted by Crippen LogP contribution is -2.39. The average molecular weight is 630 g/mol. The number of rotatable bonds is 12. The van der Waals surface area contributed by atoms with Gasteiger partial charge in [0.2, 0.25) is 0 Å². The Hall–Kier alpha value is -5.24. The first-order valence-corrected chi connectivity index (χ1v) is 16.1. The number of pyridine rings is 3. The summed E-state index contributed by atoms with van der Waals surface area (Å²) in [5, 5.41) is 3.94. The van der Waals surface area contributed by atoms with E-state index in [0.717, 1.165) is 57.5 Å². The van der Waals surface area contributed by atoms with E-state index in [9.17, 15) is 9.59 Å². The maximum absolute atomic E-state index is 14.1. The van der Waals surface area contributed by atoms with Gasteiger partial charge in [-0.1, -0.05) is 52.0 Å². The predicted octanol–water partition coefficient (Wildman–Crippen LogP) is 8.86. The number of anilines is 2. The first-order valence-electron chi connectivity index (χ1n) is 16.1. The van der Waals surface area contributed by atoms with Crippen molar-refractivity contribution in [3.8, 4) is 16.9 Å². The largest absolute Gasteiger partial charge is 0.494 e. The molecule has 3 aromatic heterocycles. The fraction of sp³-hybridized carbons (Fsp3) is 0.282. The summed E-state index contributed by atoms with van der Waals surface area (Å²) in [6.45, 7) is 15.1. The van der Waals surface area contributed by atoms with Crippen LogP contribution in [0, 0.1) is 0 Å². The molecule has 5 aromatic rings. The van der Waals surface area contributed by atoms with E-state index in [0.29, 0.717) is 12.3 Å². The van der Waals surface area contributed by atoms with Gasteiger partial charge in [-0.3, -0.25) is 14.7 Å². The molecule has 8 heteroatoms. The minimum absolute atomic E-state index is 0.111. The van der Waals surface area contributed by atoms with E-state index in [1.165, 1.54) is 10.5 Å². The van der Waals surface area contributed by atoms with Gasteiger partial charge in [0.25, 0.3) is 5.56 Å². The Labute approximate surface area is 276 Å². The summed E-state index contributed by atoms with van der Waals surface area (Å²) in [7, 11) is 0. The molecule has 0 spiro atoms. The molecule has 0 saturated heterocycles. The zero-order chi connectivity index (χ0) is 33.5. The second-order valence-corrected chi connectivity index (χ2v) is 12.6. The van der Waals surface area contributed by atoms with Crippen molar-refractivity contribution in [2.24, 2.45) is 0 Å². The summed E-state index contributed by atoms with van der Waals surface area (Å²) < 4.78 is 6.14. The molecule has 0 radical (unpaired) electrons. The van der Waals surface area contributed by atoms with Gasteiger partial charge in [0.15, 0.2) is 0 Å². The number of nitrogens with one attached hydrogen (secondary N) is 2. The lowest BCUT2D eigenvalue weighted by Gasteiger charge is -2.27. The molecule has 0 fully saturated rings. The number of hydrogen-bond donors (Lipinski definition) is 2. The molecule has 3 heterocycles. The van der Waals surface area contributed by atoms with Gasteiger partial charge in [0.05, 0.1) is 6.61 Å². The smallest absolute Gasteiger partial charge is 0.326 e. The molecule has 0 aliphatic rings. The first-order chi connectivity index (χ1) is 22.6. The standard InChI is InChI=1S/C39H43N5O3/c1-25(2)24-44(35-23-30-12-8-16-41-37(30)43-38(35)45)39(46)42-36-33(26(3)4)21-31(22-34(36)27(5)6)29-11-7-13-32(20-29)47-19-9-10-28-14-17-40-18-15-28/h7-8,11-18,20-23,26-27H,1,9-10,19,24H2,2-6H3,(H,42,46)(H,41,43,45). The second-order valence-electron chi connectivity index (χ2n) is 12.6. The monoisotopic (exact) mass is 629 g/mol. The van der Waals surface area contributed by atoms with Crippen LogP contribution in [0.5, 0.6) is 5.75 Å². The maximum atomic E-state index is 14.1. The zero-order valence-corrected chi connectivity index (χ0v) is 27.8. The molecule has 47 heavy (non-hydrogen) atoms. The Morgan fingerprint density at radius 3 is 2.34 bits per heavy atom. The Bertz CT molecular complexity index is 1900. The summed E-state index contributed by atoms with van der Waals surface area (Å²) >= 11 is 0. The van der Waals surface area contributed by atoms with Crippen molar-refractivity contribution in [1.29, 1.82) is 0 Å². The molecule has 5 rings (SSSR count). The van der Waals surface area contributed by atoms with Gasteiger partial charge in [-0.05, 0) is 114 Å². The molecule has 2 amide bonds. The van der Waals surface area contributed by atoms with Gasteiger partial charge in [-0.25, -0.2) is 9.78 Å². The van der Waals surface area contributed by atoms with Gasteiger partial charge in [0, 0.05) is 36.2 Å². The number of H-pyrrole nitrogens is 1. The zero-order valence-electron chi connectivity index (χ0n) is 27.8. The summed E-state index contributed by atoms with van der Waals surface area (Å²) in [6.07, 6.45) is 7.09. The van der Waals surface area contributed by atoms with Gasteiger partial charge in [-0.2, -0.15) is 0 Å². The van der Waals surface area contributed by atoms with Gasteiger partial charge in [0.1, 0.15) is 17.1 Å². The number of hydrogen-bond acceptors (Lipinski definition) is 5. The van der Waals surface area contributed by atoms with Crippen LogP contribution < -0.4 is 20.5 Å². The Morgan fingerprint density at radius 1 is 0.936 bits per heavy atom. The summed E-state index contributed by atoms with van der Waals surface area (Å²) in [6, 6.07) is 21.5. The van der Waals surface area contributed by atoms with E-state index < -0.39 is 11.6 Å². The Balaban J connectivity index is 1.44. The molecule has 0 atom stereocenters. The number of urea groups is 1. The third kappa shape index (κ3) is 8.14. The normalized spacial score (nSPS) is 11.2. The van der Waals surface area contributed by atoms with E-state index in [1.807, 2.05) is 49.6 Å². The molecule has 0 aliphatic carbocycles. The number of carbonyl (C=O) groups is 1. The average Bonchev–Trinajstić information content (AvgIpc) is 3.05. The van der Waals surface area contributed by atoms with Crippen LogP contribution in [-0.4, -0.2) is 34.1 Å². The molecule has 2 aromatic carbocycles. The lowest BCUT2D eigenvalue weighted by atomic mass is 9.88. The van der Waals surface area contributed by atoms with E-state index >= 15 is 0 Å². The topological polar surface area (TPSA) is 100 Å². The van der Waals surface area contributed by atoms with Crippen LogP contribution >= 0.6 is 0 Å². The molecule has 242 valence electrons. The Morgan fingerprint density at radius 2 is 1.66 bits per heavy atom. The summed E-state index contributed by atoms with van der Waals surface area (Å²) in [4.78, 5) is 39.9. The van der Waals surface area contributed by atoms with Crippen molar-refractivity contribution in [1.82, 2.24) is 15.0 Å². The minimum Gasteiger partial charge on any atom is -0.494 e. The lowest BCUT2D eigenvalue weighted by molar-refractivity contribution is 0.257. The third-order valence-corrected chi connectivity index (χ3v) is 8.03. The van der Waals surface area contributed by atoms with Crippen LogP contribution in [0.2, 0.25) is 0 Å². The number of aromatic nitrogens is 3. The number of aromatic amines is 1. The van der Waals surface area contributed by atoms with Gasteiger partial charge < -0.3 is 15.0 Å². The highest BCUT2D eigenvalue weighted by Crippen LogP contribution is 2.38. The van der Waals surface area contributed by atoms with E-state index in [2.05, 4.69) is 78.8 Å². The number of benzene rings is 2. The van der Waals surface area contributed by atoms with Crippen LogP contribution in [-0.2, 0) is 6.42 Å². The number of fused-ring (bicyclic) bond motifs is 1. The van der Waals surface area contributed by atoms with E-state index in [1.54, 1.807) is 18.3 Å². The quantitative estimate of drug-likeness (QED) is 0.106. The fourth-order valence-electron chi connectivity index (χ4n) is 5.62. The van der Waals surface area contributed by atoms with E-state index in [-0.39, 0.29) is 24.1 Å². The summed E-state index contributed by atoms with van der Waals surface area (Å²) in [5.41, 5.74) is 7.17. The number of amides is 2. The SMILES string of the molecule is C=C(C)CN(C(=O)Nc1c(C(C)C)cc(-c2cccc(OCCCc3ccncc3)c2)cc1C(C)C)c1cc2cccnc2[nH]c1=O. The van der Waals surface area contributed by atoms with Crippen molar-refractivity contribution in [2.75, 3.05) is 23.4 Å². The highest BCUT2D eigenvalue weighted by molar-refractivity contribution is 6.04. The van der Waals surface area contributed by atoms with Crippen molar-refractivity contribution in [3.05, 3.63) is 125 Å². The van der Waals surface area contributed by atoms with Crippen molar-refractivity contribution < 1.29 is 9.53 Å². The van der Waals surface area contributed by atoms with Gasteiger partial charge >= 0.3 is 6.03 Å². The van der Waals surface area contributed by atoms with Crippen LogP contribution in [0.25, 0.3) is 22.2 Å². The summed E-state index contributed by atoms with van der Waals surface area (Å²) in [5.74, 6) is 1.04. The number of aryl methyl sites for hydroxylation is 1. The molecule has 8 nitrogen and oxygen atoms in total. The number of nitrogens with zero attached hydrogens (tertiary/aromatic N) is 3. The molecular weight excluding hydrogens is 586 g/mol. The maximum Gasteiger partial charge on any atom is 0.326 e. The van der Waals surface area contributed by atoms with Crippen LogP contribution in [0.3, 0.4) is 0 Å². The minimum atomic E-state index is -0.402. The van der Waals surface area contributed by atoms with Crippen molar-refractivity contribution >= 4 is 28.4 Å². The van der Waals surface area contributed by atoms with Crippen molar-refractivity contribution in [2.45, 2.75) is 59.3 Å². The van der Waals surface area contributed by atoms with Crippen molar-refractivity contribution in [3.63, 3.8) is 0 Å². The molecule has 0 bridgehead atoms. The molecule has 0 saturated carbocycles. The highest BCUT2D eigenvalue weighted by atomic mass is 16.5. The van der Waals surface area contributed by atoms with Crippen LogP contribution in [0.15, 0.2) is 102 Å². The number of carbonyl (C=O) groups excluding carboxylic acids is 1. The molecule has 0 unspecified atom stereocenters. The van der Waals surface area contributed by atoms with Crippen LogP contribution in [0.1, 0.15) is 69.6 Å². The Kier molecular flexibility index (Phi) is 10.5. The predicted molar refractivity (Wildman–Crippen MR) is 192 cm³/mol. The first kappa shape index (κ1) is 33.1. The molecule has 0 aliphatic heterocycles.